The molecule has 4 heteroatoms. The molecule has 1 N–H and O–H groups in total. The van der Waals surface area contributed by atoms with Crippen molar-refractivity contribution in [2.45, 2.75) is 19.6 Å². The van der Waals surface area contributed by atoms with Crippen molar-refractivity contribution in [3.05, 3.63) is 65.0 Å². The van der Waals surface area contributed by atoms with Crippen LogP contribution in [0.2, 0.25) is 0 Å². The third-order valence-electron chi connectivity index (χ3n) is 2.92. The smallest absolute Gasteiger partial charge is 0.131 e. The zero-order valence-corrected chi connectivity index (χ0v) is 11.0. The third kappa shape index (κ3) is 3.34. The van der Waals surface area contributed by atoms with Gasteiger partial charge in [-0.25, -0.2) is 4.39 Å². The number of aliphatic hydroxyl groups excluding tert-OH is 1. The number of nitriles is 1. The minimum absolute atomic E-state index is 0.0702. The third-order valence-corrected chi connectivity index (χ3v) is 2.92. The molecule has 1 atom stereocenters. The second-order valence-electron chi connectivity index (χ2n) is 4.46. The van der Waals surface area contributed by atoms with Crippen LogP contribution in [0, 0.1) is 17.1 Å². The zero-order valence-electron chi connectivity index (χ0n) is 11.0. The molecule has 0 saturated carbocycles. The molecule has 0 amide bonds. The quantitative estimate of drug-likeness (QED) is 0.928. The van der Waals surface area contributed by atoms with Gasteiger partial charge in [0.1, 0.15) is 18.2 Å². The van der Waals surface area contributed by atoms with Crippen molar-refractivity contribution >= 4 is 0 Å². The number of ether oxygens (including phenoxy) is 1. The fourth-order valence-electron chi connectivity index (χ4n) is 1.76. The van der Waals surface area contributed by atoms with E-state index < -0.39 is 11.9 Å². The van der Waals surface area contributed by atoms with E-state index in [1.165, 1.54) is 12.1 Å². The lowest BCUT2D eigenvalue weighted by Crippen LogP contribution is -2.00. The highest BCUT2D eigenvalue weighted by molar-refractivity contribution is 5.33. The summed E-state index contributed by atoms with van der Waals surface area (Å²) in [7, 11) is 0. The van der Waals surface area contributed by atoms with E-state index in [4.69, 9.17) is 10.00 Å². The van der Waals surface area contributed by atoms with Crippen molar-refractivity contribution in [3.63, 3.8) is 0 Å². The molecule has 2 aromatic rings. The first kappa shape index (κ1) is 14.0. The topological polar surface area (TPSA) is 53.2 Å². The van der Waals surface area contributed by atoms with E-state index in [9.17, 15) is 9.50 Å². The van der Waals surface area contributed by atoms with Crippen LogP contribution in [-0.4, -0.2) is 5.11 Å². The first-order chi connectivity index (χ1) is 9.60. The van der Waals surface area contributed by atoms with E-state index in [1.807, 2.05) is 6.07 Å². The van der Waals surface area contributed by atoms with Crippen LogP contribution in [0.1, 0.15) is 29.7 Å². The number of rotatable bonds is 4. The molecule has 20 heavy (non-hydrogen) atoms. The van der Waals surface area contributed by atoms with Crippen LogP contribution in [0.25, 0.3) is 0 Å². The van der Waals surface area contributed by atoms with E-state index in [0.717, 1.165) is 5.56 Å². The van der Waals surface area contributed by atoms with Crippen LogP contribution in [0.3, 0.4) is 0 Å². The summed E-state index contributed by atoms with van der Waals surface area (Å²) in [6, 6.07) is 13.2. The van der Waals surface area contributed by atoms with Crippen LogP contribution in [-0.2, 0) is 6.61 Å². The molecule has 0 aromatic heterocycles. The van der Waals surface area contributed by atoms with Gasteiger partial charge in [0.25, 0.3) is 0 Å². The fourth-order valence-corrected chi connectivity index (χ4v) is 1.76. The first-order valence-corrected chi connectivity index (χ1v) is 6.19. The van der Waals surface area contributed by atoms with Gasteiger partial charge in [0, 0.05) is 5.56 Å². The lowest BCUT2D eigenvalue weighted by Gasteiger charge is -2.10. The van der Waals surface area contributed by atoms with Gasteiger partial charge >= 0.3 is 0 Å². The molecule has 0 spiro atoms. The summed E-state index contributed by atoms with van der Waals surface area (Å²) < 4.78 is 19.2. The van der Waals surface area contributed by atoms with Gasteiger partial charge in [-0.1, -0.05) is 18.2 Å². The van der Waals surface area contributed by atoms with Crippen molar-refractivity contribution in [1.82, 2.24) is 0 Å². The van der Waals surface area contributed by atoms with Gasteiger partial charge in [-0.3, -0.25) is 0 Å². The zero-order chi connectivity index (χ0) is 14.5. The van der Waals surface area contributed by atoms with Crippen LogP contribution < -0.4 is 4.74 Å². The van der Waals surface area contributed by atoms with E-state index in [-0.39, 0.29) is 12.2 Å². The average Bonchev–Trinajstić information content (AvgIpc) is 2.46. The molecule has 0 aliphatic heterocycles. The Balaban J connectivity index is 2.09. The van der Waals surface area contributed by atoms with Gasteiger partial charge in [-0.2, -0.15) is 5.26 Å². The number of halogens is 1. The van der Waals surface area contributed by atoms with Gasteiger partial charge in [-0.05, 0) is 36.8 Å². The molecule has 0 radical (unpaired) electrons. The predicted molar refractivity (Wildman–Crippen MR) is 72.5 cm³/mol. The summed E-state index contributed by atoms with van der Waals surface area (Å²) in [6.07, 6.45) is -0.579. The van der Waals surface area contributed by atoms with Gasteiger partial charge in [0.05, 0.1) is 17.7 Å². The standard InChI is InChI=1S/C16H14FNO2/c1-11(19)13-3-2-4-15(8-13)20-10-14-6-5-12(9-18)7-16(14)17/h2-8,11,19H,10H2,1H3/t11-/m0/s1. The second kappa shape index (κ2) is 6.18. The van der Waals surface area contributed by atoms with E-state index in [0.29, 0.717) is 11.3 Å². The van der Waals surface area contributed by atoms with E-state index in [2.05, 4.69) is 0 Å². The molecule has 0 unspecified atom stereocenters. The minimum Gasteiger partial charge on any atom is -0.489 e. The Morgan fingerprint density at radius 2 is 2.10 bits per heavy atom. The fraction of sp³-hybridized carbons (Fsp3) is 0.188. The van der Waals surface area contributed by atoms with Crippen molar-refractivity contribution in [1.29, 1.82) is 5.26 Å². The van der Waals surface area contributed by atoms with Gasteiger partial charge in [-0.15, -0.1) is 0 Å². The van der Waals surface area contributed by atoms with E-state index in [1.54, 1.807) is 37.3 Å². The Bertz CT molecular complexity index is 647. The summed E-state index contributed by atoms with van der Waals surface area (Å²) >= 11 is 0. The summed E-state index contributed by atoms with van der Waals surface area (Å²) in [6.45, 7) is 1.74. The highest BCUT2D eigenvalue weighted by Crippen LogP contribution is 2.20. The molecule has 102 valence electrons. The van der Waals surface area contributed by atoms with Gasteiger partial charge in [0.2, 0.25) is 0 Å². The van der Waals surface area contributed by atoms with Gasteiger partial charge < -0.3 is 9.84 Å². The molecule has 0 heterocycles. The summed E-state index contributed by atoms with van der Waals surface area (Å²) in [5.41, 5.74) is 1.40. The number of benzene rings is 2. The Kier molecular flexibility index (Phi) is 4.34. The highest BCUT2D eigenvalue weighted by atomic mass is 19.1. The number of hydrogen-bond donors (Lipinski definition) is 1. The highest BCUT2D eigenvalue weighted by Gasteiger charge is 2.06. The maximum Gasteiger partial charge on any atom is 0.131 e. The Hall–Kier alpha value is -2.38. The number of nitrogens with zero attached hydrogens (tertiary/aromatic N) is 1. The largest absolute Gasteiger partial charge is 0.489 e. The average molecular weight is 271 g/mol. The van der Waals surface area contributed by atoms with E-state index >= 15 is 0 Å². The molecular formula is C16H14FNO2. The molecule has 0 aliphatic carbocycles. The van der Waals surface area contributed by atoms with Crippen molar-refractivity contribution in [2.75, 3.05) is 0 Å². The molecule has 3 nitrogen and oxygen atoms in total. The minimum atomic E-state index is -0.579. The lowest BCUT2D eigenvalue weighted by atomic mass is 10.1. The maximum atomic E-state index is 13.7. The van der Waals surface area contributed by atoms with Gasteiger partial charge in [0.15, 0.2) is 0 Å². The molecular weight excluding hydrogens is 257 g/mol. The SMILES string of the molecule is C[C@H](O)c1cccc(OCc2ccc(C#N)cc2F)c1. The second-order valence-corrected chi connectivity index (χ2v) is 4.46. The van der Waals surface area contributed by atoms with Crippen molar-refractivity contribution in [3.8, 4) is 11.8 Å². The summed E-state index contributed by atoms with van der Waals surface area (Å²) in [4.78, 5) is 0. The Morgan fingerprint density at radius 1 is 1.30 bits per heavy atom. The summed E-state index contributed by atoms with van der Waals surface area (Å²) in [5, 5.41) is 18.2. The molecule has 0 aliphatic rings. The van der Waals surface area contributed by atoms with Crippen LogP contribution in [0.5, 0.6) is 5.75 Å². The van der Waals surface area contributed by atoms with Crippen LogP contribution >= 0.6 is 0 Å². The molecule has 2 rings (SSSR count). The predicted octanol–water partition coefficient (Wildman–Crippen LogP) is 3.33. The normalized spacial score (nSPS) is 11.7. The van der Waals surface area contributed by atoms with Crippen LogP contribution in [0.15, 0.2) is 42.5 Å². The molecule has 0 bridgehead atoms. The number of aliphatic hydroxyl groups is 1. The lowest BCUT2D eigenvalue weighted by molar-refractivity contribution is 0.198. The Morgan fingerprint density at radius 3 is 2.75 bits per heavy atom. The molecule has 2 aromatic carbocycles. The molecule has 0 fully saturated rings. The molecule has 0 saturated heterocycles. The van der Waals surface area contributed by atoms with Crippen LogP contribution in [0.4, 0.5) is 4.39 Å². The maximum absolute atomic E-state index is 13.7. The Labute approximate surface area is 116 Å². The number of hydrogen-bond acceptors (Lipinski definition) is 3. The summed E-state index contributed by atoms with van der Waals surface area (Å²) in [5.74, 6) is 0.0999. The van der Waals surface area contributed by atoms with Crippen molar-refractivity contribution in [2.24, 2.45) is 0 Å². The first-order valence-electron chi connectivity index (χ1n) is 6.19. The van der Waals surface area contributed by atoms with Crippen molar-refractivity contribution < 1.29 is 14.2 Å². The monoisotopic (exact) mass is 271 g/mol.